The zero-order valence-electron chi connectivity index (χ0n) is 18.1. The molecule has 0 aliphatic carbocycles. The molecule has 6 heteroatoms. The van der Waals surface area contributed by atoms with E-state index in [9.17, 15) is 9.59 Å². The number of fused-ring (bicyclic) bond motifs is 1. The fourth-order valence-corrected chi connectivity index (χ4v) is 3.62. The highest BCUT2D eigenvalue weighted by molar-refractivity contribution is 6.13. The van der Waals surface area contributed by atoms with Crippen LogP contribution >= 0.6 is 0 Å². The van der Waals surface area contributed by atoms with Gasteiger partial charge >= 0.3 is 0 Å². The molecule has 2 aromatic heterocycles. The van der Waals surface area contributed by atoms with Gasteiger partial charge < -0.3 is 10.2 Å². The van der Waals surface area contributed by atoms with Crippen molar-refractivity contribution in [2.24, 2.45) is 0 Å². The summed E-state index contributed by atoms with van der Waals surface area (Å²) in [6.45, 7) is 5.22. The molecule has 0 atom stereocenters. The molecule has 0 aliphatic rings. The first kappa shape index (κ1) is 21.2. The van der Waals surface area contributed by atoms with Gasteiger partial charge in [0.25, 0.3) is 11.8 Å². The van der Waals surface area contributed by atoms with E-state index in [2.05, 4.69) is 10.3 Å². The smallest absolute Gasteiger partial charge is 0.256 e. The summed E-state index contributed by atoms with van der Waals surface area (Å²) in [5.41, 5.74) is 4.09. The van der Waals surface area contributed by atoms with Crippen molar-refractivity contribution in [3.8, 4) is 11.3 Å². The largest absolute Gasteiger partial charge is 0.339 e. The van der Waals surface area contributed by atoms with Gasteiger partial charge in [0.2, 0.25) is 0 Å². The second kappa shape index (κ2) is 9.39. The maximum atomic E-state index is 13.2. The van der Waals surface area contributed by atoms with Crippen molar-refractivity contribution in [1.29, 1.82) is 0 Å². The van der Waals surface area contributed by atoms with Crippen molar-refractivity contribution >= 4 is 28.4 Å². The van der Waals surface area contributed by atoms with Crippen LogP contribution in [0.1, 0.15) is 34.6 Å². The maximum absolute atomic E-state index is 13.2. The number of nitrogens with zero attached hydrogens (tertiary/aromatic N) is 3. The highest BCUT2D eigenvalue weighted by Crippen LogP contribution is 2.25. The van der Waals surface area contributed by atoms with Crippen LogP contribution < -0.4 is 5.32 Å². The van der Waals surface area contributed by atoms with E-state index in [1.54, 1.807) is 47.6 Å². The molecule has 6 nitrogen and oxygen atoms in total. The van der Waals surface area contributed by atoms with E-state index in [-0.39, 0.29) is 11.8 Å². The summed E-state index contributed by atoms with van der Waals surface area (Å²) in [5.74, 6) is -0.253. The molecule has 0 aliphatic heterocycles. The van der Waals surface area contributed by atoms with E-state index in [4.69, 9.17) is 4.98 Å². The van der Waals surface area contributed by atoms with E-state index in [0.717, 1.165) is 16.5 Å². The number of carbonyl (C=O) groups is 2. The van der Waals surface area contributed by atoms with Crippen LogP contribution in [0.4, 0.5) is 5.69 Å². The second-order valence-electron chi connectivity index (χ2n) is 7.32. The number of anilines is 1. The molecule has 4 aromatic rings. The maximum Gasteiger partial charge on any atom is 0.256 e. The zero-order valence-corrected chi connectivity index (χ0v) is 18.1. The molecule has 32 heavy (non-hydrogen) atoms. The molecule has 0 saturated carbocycles. The summed E-state index contributed by atoms with van der Waals surface area (Å²) in [6.07, 6.45) is 3.40. The molecular weight excluding hydrogens is 400 g/mol. The van der Waals surface area contributed by atoms with Crippen LogP contribution in [0.2, 0.25) is 0 Å². The Morgan fingerprint density at radius 1 is 0.906 bits per heavy atom. The molecule has 2 aromatic carbocycles. The Labute approximate surface area is 186 Å². The molecule has 0 unspecified atom stereocenters. The number of carbonyl (C=O) groups excluding carboxylic acids is 2. The van der Waals surface area contributed by atoms with E-state index in [0.29, 0.717) is 35.6 Å². The van der Waals surface area contributed by atoms with Crippen LogP contribution in [0, 0.1) is 0 Å². The third-order valence-corrected chi connectivity index (χ3v) is 5.38. The predicted molar refractivity (Wildman–Crippen MR) is 127 cm³/mol. The quantitative estimate of drug-likeness (QED) is 0.471. The van der Waals surface area contributed by atoms with Gasteiger partial charge in [-0.25, -0.2) is 4.98 Å². The molecule has 0 saturated heterocycles. The number of benzene rings is 2. The van der Waals surface area contributed by atoms with Crippen LogP contribution in [-0.4, -0.2) is 39.8 Å². The number of amides is 2. The molecule has 2 heterocycles. The Bertz CT molecular complexity index is 1250. The fraction of sp³-hybridized carbons (Fsp3) is 0.154. The number of rotatable bonds is 6. The number of para-hydroxylation sites is 1. The van der Waals surface area contributed by atoms with E-state index < -0.39 is 0 Å². The Balaban J connectivity index is 1.63. The van der Waals surface area contributed by atoms with Crippen molar-refractivity contribution in [3.63, 3.8) is 0 Å². The molecule has 0 spiro atoms. The van der Waals surface area contributed by atoms with Crippen molar-refractivity contribution < 1.29 is 9.59 Å². The number of hydrogen-bond donors (Lipinski definition) is 1. The van der Waals surface area contributed by atoms with E-state index >= 15 is 0 Å². The number of nitrogens with one attached hydrogen (secondary N) is 1. The van der Waals surface area contributed by atoms with Gasteiger partial charge in [0, 0.05) is 47.7 Å². The highest BCUT2D eigenvalue weighted by Gasteiger charge is 2.16. The van der Waals surface area contributed by atoms with Gasteiger partial charge in [-0.3, -0.25) is 14.6 Å². The van der Waals surface area contributed by atoms with Crippen LogP contribution in [0.15, 0.2) is 79.1 Å². The predicted octanol–water partition coefficient (Wildman–Crippen LogP) is 5.03. The third kappa shape index (κ3) is 4.34. The Hall–Kier alpha value is -4.06. The minimum absolute atomic E-state index is 0.0185. The summed E-state index contributed by atoms with van der Waals surface area (Å²) in [6, 6.07) is 20.1. The van der Waals surface area contributed by atoms with Gasteiger partial charge in [0.1, 0.15) is 0 Å². The monoisotopic (exact) mass is 424 g/mol. The Morgan fingerprint density at radius 3 is 2.28 bits per heavy atom. The van der Waals surface area contributed by atoms with Crippen molar-refractivity contribution in [3.05, 3.63) is 90.3 Å². The second-order valence-corrected chi connectivity index (χ2v) is 7.32. The Morgan fingerprint density at radius 2 is 1.59 bits per heavy atom. The summed E-state index contributed by atoms with van der Waals surface area (Å²) in [7, 11) is 0. The average molecular weight is 425 g/mol. The molecule has 0 fully saturated rings. The minimum Gasteiger partial charge on any atom is -0.339 e. The lowest BCUT2D eigenvalue weighted by molar-refractivity contribution is 0.0773. The molecule has 4 rings (SSSR count). The van der Waals surface area contributed by atoms with Gasteiger partial charge in [-0.05, 0) is 62.4 Å². The lowest BCUT2D eigenvalue weighted by Crippen LogP contribution is -2.30. The molecule has 2 amide bonds. The Kier molecular flexibility index (Phi) is 6.22. The van der Waals surface area contributed by atoms with Crippen molar-refractivity contribution in [2.45, 2.75) is 13.8 Å². The SMILES string of the molecule is CCN(CC)C(=O)c1ccc(NC(=O)c2cc(-c3ccncc3)nc3ccccc23)cc1. The highest BCUT2D eigenvalue weighted by atomic mass is 16.2. The number of hydrogen-bond acceptors (Lipinski definition) is 4. The zero-order chi connectivity index (χ0) is 22.5. The first-order chi connectivity index (χ1) is 15.6. The third-order valence-electron chi connectivity index (χ3n) is 5.38. The first-order valence-corrected chi connectivity index (χ1v) is 10.6. The molecule has 0 radical (unpaired) electrons. The topological polar surface area (TPSA) is 75.2 Å². The molecular formula is C26H24N4O2. The summed E-state index contributed by atoms with van der Waals surface area (Å²) in [4.78, 5) is 36.2. The van der Waals surface area contributed by atoms with Gasteiger partial charge in [0.15, 0.2) is 0 Å². The van der Waals surface area contributed by atoms with Crippen LogP contribution in [-0.2, 0) is 0 Å². The van der Waals surface area contributed by atoms with Gasteiger partial charge in [-0.15, -0.1) is 0 Å². The van der Waals surface area contributed by atoms with Crippen molar-refractivity contribution in [1.82, 2.24) is 14.9 Å². The number of pyridine rings is 2. The van der Waals surface area contributed by atoms with Gasteiger partial charge in [0.05, 0.1) is 16.8 Å². The van der Waals surface area contributed by atoms with E-state index in [1.165, 1.54) is 0 Å². The van der Waals surface area contributed by atoms with Crippen LogP contribution in [0.25, 0.3) is 22.2 Å². The van der Waals surface area contributed by atoms with Crippen molar-refractivity contribution in [2.75, 3.05) is 18.4 Å². The van der Waals surface area contributed by atoms with Gasteiger partial charge in [-0.2, -0.15) is 0 Å². The molecule has 160 valence electrons. The van der Waals surface area contributed by atoms with Crippen LogP contribution in [0.3, 0.4) is 0 Å². The summed E-state index contributed by atoms with van der Waals surface area (Å²) >= 11 is 0. The minimum atomic E-state index is -0.235. The fourth-order valence-electron chi connectivity index (χ4n) is 3.62. The van der Waals surface area contributed by atoms with E-state index in [1.807, 2.05) is 50.2 Å². The average Bonchev–Trinajstić information content (AvgIpc) is 2.85. The first-order valence-electron chi connectivity index (χ1n) is 10.6. The molecule has 0 bridgehead atoms. The van der Waals surface area contributed by atoms with Gasteiger partial charge in [-0.1, -0.05) is 18.2 Å². The number of aromatic nitrogens is 2. The standard InChI is InChI=1S/C26H24N4O2/c1-3-30(4-2)26(32)19-9-11-20(12-10-19)28-25(31)22-17-24(18-13-15-27-16-14-18)29-23-8-6-5-7-21(22)23/h5-17H,3-4H2,1-2H3,(H,28,31). The molecule has 1 N–H and O–H groups in total. The lowest BCUT2D eigenvalue weighted by atomic mass is 10.0. The normalized spacial score (nSPS) is 10.7. The lowest BCUT2D eigenvalue weighted by Gasteiger charge is -2.18. The summed E-state index contributed by atoms with van der Waals surface area (Å²) in [5, 5.41) is 3.72. The van der Waals surface area contributed by atoms with Crippen LogP contribution in [0.5, 0.6) is 0 Å². The summed E-state index contributed by atoms with van der Waals surface area (Å²) < 4.78 is 0.